The van der Waals surface area contributed by atoms with Gasteiger partial charge in [0.2, 0.25) is 0 Å². The average molecular weight is 300 g/mol. The zero-order valence-electron chi connectivity index (χ0n) is 12.3. The molecular formula is C18H18F2Si. The standard InChI is InChI=1S/C18H18F2Si/c1-11(2)15-7-5-13(19)9-17(15)21-18-10-14(20)6-8-16(18)12(3)4/h5-10H,1,3,21H2,2,4H3. The van der Waals surface area contributed by atoms with Crippen molar-refractivity contribution < 1.29 is 8.78 Å². The van der Waals surface area contributed by atoms with Crippen LogP contribution in [0, 0.1) is 11.6 Å². The summed E-state index contributed by atoms with van der Waals surface area (Å²) < 4.78 is 27.1. The molecule has 21 heavy (non-hydrogen) atoms. The highest BCUT2D eigenvalue weighted by atomic mass is 28.2. The molecule has 0 saturated heterocycles. The van der Waals surface area contributed by atoms with Crippen LogP contribution in [-0.4, -0.2) is 9.52 Å². The first-order valence-electron chi connectivity index (χ1n) is 6.77. The van der Waals surface area contributed by atoms with E-state index < -0.39 is 9.52 Å². The minimum atomic E-state index is -1.02. The van der Waals surface area contributed by atoms with Crippen LogP contribution in [0.2, 0.25) is 0 Å². The van der Waals surface area contributed by atoms with Crippen LogP contribution in [0.15, 0.2) is 49.6 Å². The Morgan fingerprint density at radius 1 is 0.810 bits per heavy atom. The van der Waals surface area contributed by atoms with Crippen molar-refractivity contribution in [2.24, 2.45) is 0 Å². The third-order valence-corrected chi connectivity index (χ3v) is 5.37. The Balaban J connectivity index is 2.52. The van der Waals surface area contributed by atoms with Crippen molar-refractivity contribution in [2.45, 2.75) is 13.8 Å². The lowest BCUT2D eigenvalue weighted by Gasteiger charge is -2.13. The highest BCUT2D eigenvalue weighted by Crippen LogP contribution is 2.12. The van der Waals surface area contributed by atoms with E-state index in [2.05, 4.69) is 13.2 Å². The molecule has 0 aliphatic rings. The lowest BCUT2D eigenvalue weighted by atomic mass is 10.1. The molecule has 0 aliphatic carbocycles. The molecule has 0 N–H and O–H groups in total. The summed E-state index contributed by atoms with van der Waals surface area (Å²) >= 11 is 0. The van der Waals surface area contributed by atoms with Crippen molar-refractivity contribution >= 4 is 31.0 Å². The van der Waals surface area contributed by atoms with Crippen LogP contribution in [-0.2, 0) is 0 Å². The van der Waals surface area contributed by atoms with Gasteiger partial charge in [-0.2, -0.15) is 0 Å². The predicted octanol–water partition coefficient (Wildman–Crippen LogP) is 3.15. The number of allylic oxidation sites excluding steroid dienone is 2. The normalized spacial score (nSPS) is 10.5. The fourth-order valence-electron chi connectivity index (χ4n) is 2.45. The van der Waals surface area contributed by atoms with Crippen LogP contribution >= 0.6 is 0 Å². The molecule has 0 saturated carbocycles. The summed E-state index contributed by atoms with van der Waals surface area (Å²) in [5.74, 6) is -0.536. The maximum atomic E-state index is 13.6. The van der Waals surface area contributed by atoms with Crippen LogP contribution in [0.5, 0.6) is 0 Å². The van der Waals surface area contributed by atoms with Gasteiger partial charge in [0, 0.05) is 0 Å². The van der Waals surface area contributed by atoms with E-state index in [0.717, 1.165) is 32.6 Å². The number of hydrogen-bond donors (Lipinski definition) is 0. The van der Waals surface area contributed by atoms with E-state index in [9.17, 15) is 8.78 Å². The van der Waals surface area contributed by atoms with Crippen molar-refractivity contribution in [1.82, 2.24) is 0 Å². The molecule has 0 bridgehead atoms. The third-order valence-electron chi connectivity index (χ3n) is 3.44. The number of benzene rings is 2. The van der Waals surface area contributed by atoms with Crippen molar-refractivity contribution in [1.29, 1.82) is 0 Å². The summed E-state index contributed by atoms with van der Waals surface area (Å²) in [6.45, 7) is 11.7. The van der Waals surface area contributed by atoms with E-state index in [-0.39, 0.29) is 11.6 Å². The van der Waals surface area contributed by atoms with Crippen LogP contribution in [0.4, 0.5) is 8.78 Å². The fourth-order valence-corrected chi connectivity index (χ4v) is 4.68. The van der Waals surface area contributed by atoms with Gasteiger partial charge in [-0.25, -0.2) is 8.78 Å². The van der Waals surface area contributed by atoms with Gasteiger partial charge in [-0.3, -0.25) is 0 Å². The van der Waals surface area contributed by atoms with Gasteiger partial charge in [0.1, 0.15) is 11.6 Å². The van der Waals surface area contributed by atoms with Crippen molar-refractivity contribution in [3.05, 3.63) is 72.3 Å². The van der Waals surface area contributed by atoms with Gasteiger partial charge in [0.25, 0.3) is 0 Å². The summed E-state index contributed by atoms with van der Waals surface area (Å²) in [6, 6.07) is 9.46. The van der Waals surface area contributed by atoms with Gasteiger partial charge in [-0.15, -0.1) is 0 Å². The lowest BCUT2D eigenvalue weighted by Crippen LogP contribution is -2.32. The minimum absolute atomic E-state index is 0.268. The quantitative estimate of drug-likeness (QED) is 0.761. The van der Waals surface area contributed by atoms with Crippen LogP contribution in [0.1, 0.15) is 25.0 Å². The molecule has 0 heterocycles. The van der Waals surface area contributed by atoms with Crippen LogP contribution < -0.4 is 10.4 Å². The molecule has 0 aromatic heterocycles. The van der Waals surface area contributed by atoms with E-state index >= 15 is 0 Å². The second-order valence-electron chi connectivity index (χ2n) is 5.34. The van der Waals surface area contributed by atoms with E-state index in [0.29, 0.717) is 0 Å². The molecule has 0 atom stereocenters. The van der Waals surface area contributed by atoms with Gasteiger partial charge in [-0.05, 0) is 49.2 Å². The number of halogens is 2. The SMILES string of the molecule is C=C(C)c1ccc(F)cc1[SiH2]c1cc(F)ccc1C(=C)C. The highest BCUT2D eigenvalue weighted by Gasteiger charge is 2.11. The van der Waals surface area contributed by atoms with Gasteiger partial charge in [-0.1, -0.05) is 46.8 Å². The summed E-state index contributed by atoms with van der Waals surface area (Å²) in [5.41, 5.74) is 3.71. The molecule has 0 radical (unpaired) electrons. The molecular weight excluding hydrogens is 282 g/mol. The van der Waals surface area contributed by atoms with Gasteiger partial charge >= 0.3 is 0 Å². The van der Waals surface area contributed by atoms with E-state index in [4.69, 9.17) is 0 Å². The lowest BCUT2D eigenvalue weighted by molar-refractivity contribution is 0.628. The molecule has 2 aromatic carbocycles. The molecule has 0 nitrogen and oxygen atoms in total. The van der Waals surface area contributed by atoms with Gasteiger partial charge < -0.3 is 0 Å². The summed E-state index contributed by atoms with van der Waals surface area (Å²) in [7, 11) is -1.02. The first-order valence-corrected chi connectivity index (χ1v) is 8.18. The second kappa shape index (κ2) is 6.18. The first-order chi connectivity index (χ1) is 9.88. The number of rotatable bonds is 4. The maximum Gasteiger partial charge on any atom is 0.123 e. The Hall–Kier alpha value is -2.00. The number of hydrogen-bond acceptors (Lipinski definition) is 0. The molecule has 108 valence electrons. The Morgan fingerprint density at radius 2 is 1.19 bits per heavy atom. The smallest absolute Gasteiger partial charge is 0.123 e. The summed E-state index contributed by atoms with van der Waals surface area (Å²) in [5, 5.41) is 1.88. The zero-order chi connectivity index (χ0) is 15.6. The van der Waals surface area contributed by atoms with Crippen LogP contribution in [0.3, 0.4) is 0 Å². The molecule has 0 unspecified atom stereocenters. The van der Waals surface area contributed by atoms with Crippen molar-refractivity contribution in [3.8, 4) is 0 Å². The summed E-state index contributed by atoms with van der Waals surface area (Å²) in [6.07, 6.45) is 0. The molecule has 2 rings (SSSR count). The Labute approximate surface area is 126 Å². The minimum Gasteiger partial charge on any atom is -0.207 e. The predicted molar refractivity (Wildman–Crippen MR) is 90.0 cm³/mol. The molecule has 0 amide bonds. The molecule has 3 heteroatoms. The second-order valence-corrected chi connectivity index (χ2v) is 7.22. The van der Waals surface area contributed by atoms with Gasteiger partial charge in [0.05, 0.1) is 9.52 Å². The maximum absolute atomic E-state index is 13.6. The molecule has 2 aromatic rings. The summed E-state index contributed by atoms with van der Waals surface area (Å²) in [4.78, 5) is 0. The van der Waals surface area contributed by atoms with Crippen molar-refractivity contribution in [2.75, 3.05) is 0 Å². The first kappa shape index (κ1) is 15.4. The largest absolute Gasteiger partial charge is 0.207 e. The van der Waals surface area contributed by atoms with E-state index in [1.54, 1.807) is 24.3 Å². The third kappa shape index (κ3) is 3.55. The van der Waals surface area contributed by atoms with E-state index in [1.165, 1.54) is 12.1 Å². The molecule has 0 aliphatic heterocycles. The highest BCUT2D eigenvalue weighted by molar-refractivity contribution is 6.69. The van der Waals surface area contributed by atoms with Crippen molar-refractivity contribution in [3.63, 3.8) is 0 Å². The average Bonchev–Trinajstić information content (AvgIpc) is 2.38. The Morgan fingerprint density at radius 3 is 1.52 bits per heavy atom. The molecule has 0 fully saturated rings. The topological polar surface area (TPSA) is 0 Å². The monoisotopic (exact) mass is 300 g/mol. The van der Waals surface area contributed by atoms with E-state index in [1.807, 2.05) is 13.8 Å². The Bertz CT molecular complexity index is 656. The van der Waals surface area contributed by atoms with Gasteiger partial charge in [0.15, 0.2) is 0 Å². The Kier molecular flexibility index (Phi) is 4.53. The zero-order valence-corrected chi connectivity index (χ0v) is 13.8. The molecule has 0 spiro atoms. The fraction of sp³-hybridized carbons (Fsp3) is 0.111. The van der Waals surface area contributed by atoms with Crippen LogP contribution in [0.25, 0.3) is 11.1 Å².